The SMILES string of the molecule is COC1CC(CC(=O)O)N(C(=O)C2CSC3(C)CCC(=O)N23)C1. The second-order valence-electron chi connectivity index (χ2n) is 6.60. The molecule has 8 heteroatoms. The number of fused-ring (bicyclic) bond motifs is 1. The highest BCUT2D eigenvalue weighted by Crippen LogP contribution is 2.47. The third kappa shape index (κ3) is 2.82. The number of carboxylic acids is 1. The molecule has 7 nitrogen and oxygen atoms in total. The predicted molar refractivity (Wildman–Crippen MR) is 83.9 cm³/mol. The molecule has 0 aromatic heterocycles. The van der Waals surface area contributed by atoms with E-state index in [1.807, 2.05) is 6.92 Å². The molecule has 3 fully saturated rings. The standard InChI is InChI=1S/C15H22N2O5S/c1-15-4-3-12(18)17(15)11(8-23-15)14(21)16-7-10(22-2)5-9(16)6-13(19)20/h9-11H,3-8H2,1-2H3,(H,19,20). The summed E-state index contributed by atoms with van der Waals surface area (Å²) in [7, 11) is 1.57. The van der Waals surface area contributed by atoms with Crippen molar-refractivity contribution in [3.05, 3.63) is 0 Å². The van der Waals surface area contributed by atoms with Crippen molar-refractivity contribution >= 4 is 29.5 Å². The Morgan fingerprint density at radius 1 is 1.48 bits per heavy atom. The fourth-order valence-electron chi connectivity index (χ4n) is 3.90. The van der Waals surface area contributed by atoms with Gasteiger partial charge in [-0.2, -0.15) is 0 Å². The van der Waals surface area contributed by atoms with Crippen LogP contribution in [0.5, 0.6) is 0 Å². The van der Waals surface area contributed by atoms with Gasteiger partial charge in [0.05, 0.1) is 17.4 Å². The first-order valence-corrected chi connectivity index (χ1v) is 8.85. The Hall–Kier alpha value is -1.28. The lowest BCUT2D eigenvalue weighted by molar-refractivity contribution is -0.146. The molecule has 3 heterocycles. The number of hydrogen-bond acceptors (Lipinski definition) is 5. The number of thioether (sulfide) groups is 1. The predicted octanol–water partition coefficient (Wildman–Crippen LogP) is 0.531. The van der Waals surface area contributed by atoms with E-state index in [-0.39, 0.29) is 35.3 Å². The van der Waals surface area contributed by atoms with Crippen LogP contribution in [0.3, 0.4) is 0 Å². The van der Waals surface area contributed by atoms with Crippen molar-refractivity contribution in [2.75, 3.05) is 19.4 Å². The summed E-state index contributed by atoms with van der Waals surface area (Å²) < 4.78 is 5.32. The van der Waals surface area contributed by atoms with Gasteiger partial charge in [0.15, 0.2) is 0 Å². The number of carbonyl (C=O) groups excluding carboxylic acids is 2. The number of carbonyl (C=O) groups is 3. The molecule has 0 radical (unpaired) electrons. The van der Waals surface area contributed by atoms with Gasteiger partial charge < -0.3 is 19.6 Å². The second-order valence-corrected chi connectivity index (χ2v) is 8.10. The number of aliphatic carboxylic acids is 1. The summed E-state index contributed by atoms with van der Waals surface area (Å²) >= 11 is 1.65. The van der Waals surface area contributed by atoms with Gasteiger partial charge in [-0.05, 0) is 19.8 Å². The minimum absolute atomic E-state index is 0.0214. The Kier molecular flexibility index (Phi) is 4.31. The van der Waals surface area contributed by atoms with E-state index in [9.17, 15) is 14.4 Å². The van der Waals surface area contributed by atoms with Gasteiger partial charge in [0.2, 0.25) is 11.8 Å². The molecule has 3 aliphatic heterocycles. The normalized spacial score (nSPS) is 36.6. The number of hydrogen-bond donors (Lipinski definition) is 1. The van der Waals surface area contributed by atoms with Gasteiger partial charge in [-0.15, -0.1) is 11.8 Å². The lowest BCUT2D eigenvalue weighted by Gasteiger charge is -2.33. The van der Waals surface area contributed by atoms with E-state index >= 15 is 0 Å². The van der Waals surface area contributed by atoms with Crippen molar-refractivity contribution in [1.29, 1.82) is 0 Å². The monoisotopic (exact) mass is 342 g/mol. The molecule has 0 aromatic rings. The van der Waals surface area contributed by atoms with E-state index in [2.05, 4.69) is 0 Å². The van der Waals surface area contributed by atoms with Crippen molar-refractivity contribution in [1.82, 2.24) is 9.80 Å². The third-order valence-corrected chi connectivity index (χ3v) is 6.64. The molecule has 3 aliphatic rings. The summed E-state index contributed by atoms with van der Waals surface area (Å²) in [6.45, 7) is 2.40. The highest BCUT2D eigenvalue weighted by molar-refractivity contribution is 8.01. The van der Waals surface area contributed by atoms with E-state index < -0.39 is 12.0 Å². The summed E-state index contributed by atoms with van der Waals surface area (Å²) in [6.07, 6.45) is 1.54. The molecule has 0 spiro atoms. The number of rotatable bonds is 4. The highest BCUT2D eigenvalue weighted by Gasteiger charge is 2.54. The van der Waals surface area contributed by atoms with Gasteiger partial charge in [0, 0.05) is 31.9 Å². The summed E-state index contributed by atoms with van der Waals surface area (Å²) in [4.78, 5) is 39.3. The van der Waals surface area contributed by atoms with Crippen molar-refractivity contribution < 1.29 is 24.2 Å². The van der Waals surface area contributed by atoms with Crippen LogP contribution in [-0.4, -0.2) is 75.2 Å². The minimum atomic E-state index is -0.924. The third-order valence-electron chi connectivity index (χ3n) is 5.13. The largest absolute Gasteiger partial charge is 0.481 e. The first-order valence-electron chi connectivity index (χ1n) is 7.87. The number of likely N-dealkylation sites (tertiary alicyclic amines) is 1. The summed E-state index contributed by atoms with van der Waals surface area (Å²) in [5.74, 6) is -0.461. The molecule has 4 atom stereocenters. The molecule has 3 saturated heterocycles. The maximum Gasteiger partial charge on any atom is 0.305 e. The lowest BCUT2D eigenvalue weighted by atomic mass is 10.1. The number of amides is 2. The van der Waals surface area contributed by atoms with E-state index in [1.165, 1.54) is 0 Å². The molecule has 0 aliphatic carbocycles. The van der Waals surface area contributed by atoms with Crippen LogP contribution in [0.15, 0.2) is 0 Å². The summed E-state index contributed by atoms with van der Waals surface area (Å²) in [5, 5.41) is 9.08. The Balaban J connectivity index is 1.78. The zero-order chi connectivity index (χ0) is 16.8. The molecule has 23 heavy (non-hydrogen) atoms. The van der Waals surface area contributed by atoms with Crippen LogP contribution >= 0.6 is 11.8 Å². The molecule has 1 N–H and O–H groups in total. The van der Waals surface area contributed by atoms with Crippen LogP contribution in [0, 0.1) is 0 Å². The molecule has 2 amide bonds. The van der Waals surface area contributed by atoms with Gasteiger partial charge >= 0.3 is 5.97 Å². The summed E-state index contributed by atoms with van der Waals surface area (Å²) in [6, 6.07) is -0.841. The van der Waals surface area contributed by atoms with Crippen LogP contribution in [-0.2, 0) is 19.1 Å². The minimum Gasteiger partial charge on any atom is -0.481 e. The first kappa shape index (κ1) is 16.6. The molecule has 0 saturated carbocycles. The summed E-state index contributed by atoms with van der Waals surface area (Å²) in [5.41, 5.74) is 0. The van der Waals surface area contributed by atoms with Crippen LogP contribution in [0.2, 0.25) is 0 Å². The Bertz CT molecular complexity index is 542. The van der Waals surface area contributed by atoms with Crippen LogP contribution < -0.4 is 0 Å². The average molecular weight is 342 g/mol. The van der Waals surface area contributed by atoms with E-state index in [0.717, 1.165) is 6.42 Å². The van der Waals surface area contributed by atoms with Gasteiger partial charge in [-0.1, -0.05) is 0 Å². The van der Waals surface area contributed by atoms with Gasteiger partial charge in [-0.3, -0.25) is 14.4 Å². The highest BCUT2D eigenvalue weighted by atomic mass is 32.2. The topological polar surface area (TPSA) is 87.1 Å². The molecule has 4 unspecified atom stereocenters. The van der Waals surface area contributed by atoms with Crippen LogP contribution in [0.1, 0.15) is 32.6 Å². The van der Waals surface area contributed by atoms with Crippen molar-refractivity contribution in [3.8, 4) is 0 Å². The Morgan fingerprint density at radius 3 is 2.87 bits per heavy atom. The van der Waals surface area contributed by atoms with Gasteiger partial charge in [0.1, 0.15) is 6.04 Å². The smallest absolute Gasteiger partial charge is 0.305 e. The van der Waals surface area contributed by atoms with Gasteiger partial charge in [0.25, 0.3) is 0 Å². The van der Waals surface area contributed by atoms with E-state index in [1.54, 1.807) is 28.7 Å². The number of nitrogens with zero attached hydrogens (tertiary/aromatic N) is 2. The van der Waals surface area contributed by atoms with Crippen LogP contribution in [0.25, 0.3) is 0 Å². The van der Waals surface area contributed by atoms with Crippen molar-refractivity contribution in [2.24, 2.45) is 0 Å². The van der Waals surface area contributed by atoms with Crippen molar-refractivity contribution in [2.45, 2.75) is 55.7 Å². The lowest BCUT2D eigenvalue weighted by Crippen LogP contribution is -2.52. The number of ether oxygens (including phenoxy) is 1. The molecule has 0 aromatic carbocycles. The maximum atomic E-state index is 13.0. The maximum absolute atomic E-state index is 13.0. The fraction of sp³-hybridized carbons (Fsp3) is 0.800. The second kappa shape index (κ2) is 5.98. The van der Waals surface area contributed by atoms with Gasteiger partial charge in [-0.25, -0.2) is 0 Å². The fourth-order valence-corrected chi connectivity index (χ4v) is 5.33. The zero-order valence-corrected chi connectivity index (χ0v) is 14.2. The first-order chi connectivity index (χ1) is 10.9. The molecular formula is C15H22N2O5S. The molecule has 0 bridgehead atoms. The molecule has 3 rings (SSSR count). The molecule has 128 valence electrons. The quantitative estimate of drug-likeness (QED) is 0.802. The molecular weight excluding hydrogens is 320 g/mol. The van der Waals surface area contributed by atoms with Crippen molar-refractivity contribution in [3.63, 3.8) is 0 Å². The van der Waals surface area contributed by atoms with E-state index in [4.69, 9.17) is 9.84 Å². The number of carboxylic acid groups (broad SMARTS) is 1. The average Bonchev–Trinajstić information content (AvgIpc) is 3.12. The number of methoxy groups -OCH3 is 1. The Morgan fingerprint density at radius 2 is 2.22 bits per heavy atom. The Labute approximate surface area is 139 Å². The van der Waals surface area contributed by atoms with E-state index in [0.29, 0.717) is 25.1 Å². The van der Waals surface area contributed by atoms with Crippen LogP contribution in [0.4, 0.5) is 0 Å². The zero-order valence-electron chi connectivity index (χ0n) is 13.4.